The van der Waals surface area contributed by atoms with Gasteiger partial charge >= 0.3 is 5.97 Å². The van der Waals surface area contributed by atoms with E-state index in [0.717, 1.165) is 47.5 Å². The molecule has 0 spiro atoms. The third kappa shape index (κ3) is 6.30. The number of benzene rings is 2. The number of aromatic nitrogens is 2. The van der Waals surface area contributed by atoms with Crippen LogP contribution in [0.15, 0.2) is 42.5 Å². The van der Waals surface area contributed by atoms with Crippen LogP contribution in [0.1, 0.15) is 36.5 Å². The van der Waals surface area contributed by atoms with E-state index in [2.05, 4.69) is 47.1 Å². The molecule has 0 bridgehead atoms. The number of hydrogen-bond acceptors (Lipinski definition) is 6. The molecule has 2 heterocycles. The number of halogens is 1. The summed E-state index contributed by atoms with van der Waals surface area (Å²) in [6.07, 6.45) is 2.93. The molecule has 36 heavy (non-hydrogen) atoms. The Balaban J connectivity index is 1.44. The number of carboxylic acid groups (broad SMARTS) is 1. The van der Waals surface area contributed by atoms with Gasteiger partial charge in [0.15, 0.2) is 0 Å². The van der Waals surface area contributed by atoms with Crippen molar-refractivity contribution in [3.8, 4) is 10.6 Å². The number of hydrogen-bond donors (Lipinski definition) is 1. The predicted octanol–water partition coefficient (Wildman–Crippen LogP) is 5.10. The van der Waals surface area contributed by atoms with E-state index in [1.807, 2.05) is 18.2 Å². The smallest absolute Gasteiger partial charge is 0.309 e. The van der Waals surface area contributed by atoms with Gasteiger partial charge < -0.3 is 10.0 Å². The minimum absolute atomic E-state index is 0.0394. The van der Waals surface area contributed by atoms with Crippen molar-refractivity contribution in [3.05, 3.63) is 64.2 Å². The molecule has 1 saturated heterocycles. The van der Waals surface area contributed by atoms with Gasteiger partial charge in [0.25, 0.3) is 0 Å². The zero-order chi connectivity index (χ0) is 25.7. The van der Waals surface area contributed by atoms with E-state index in [1.165, 1.54) is 16.9 Å². The summed E-state index contributed by atoms with van der Waals surface area (Å²) in [5.74, 6) is -0.974. The molecule has 2 aromatic carbocycles. The molecule has 7 nitrogen and oxygen atoms in total. The number of aryl methyl sites for hydroxylation is 1. The molecule has 4 rings (SSSR count). The highest BCUT2D eigenvalue weighted by molar-refractivity contribution is 7.18. The van der Waals surface area contributed by atoms with E-state index in [1.54, 1.807) is 11.0 Å². The first-order chi connectivity index (χ1) is 17.4. The molecule has 1 amide bonds. The summed E-state index contributed by atoms with van der Waals surface area (Å²) >= 11 is 7.71. The van der Waals surface area contributed by atoms with Crippen molar-refractivity contribution in [1.82, 2.24) is 15.1 Å². The molecule has 0 radical (unpaired) electrons. The number of unbranched alkanes of at least 4 members (excludes halogenated alkanes) is 1. The lowest BCUT2D eigenvalue weighted by atomic mass is 9.98. The van der Waals surface area contributed by atoms with Crippen molar-refractivity contribution >= 4 is 39.9 Å². The van der Waals surface area contributed by atoms with Gasteiger partial charge in [0.05, 0.1) is 12.3 Å². The summed E-state index contributed by atoms with van der Waals surface area (Å²) in [7, 11) is 0. The predicted molar refractivity (Wildman–Crippen MR) is 144 cm³/mol. The summed E-state index contributed by atoms with van der Waals surface area (Å²) in [4.78, 5) is 28.1. The minimum atomic E-state index is -0.707. The van der Waals surface area contributed by atoms with Crippen molar-refractivity contribution in [2.45, 2.75) is 39.5 Å². The zero-order valence-corrected chi connectivity index (χ0v) is 22.2. The Hall–Kier alpha value is -2.81. The number of likely N-dealkylation sites (tertiary alicyclic amines) is 1. The van der Waals surface area contributed by atoms with Crippen LogP contribution < -0.4 is 4.90 Å². The second-order valence-electron chi connectivity index (χ2n) is 9.25. The van der Waals surface area contributed by atoms with E-state index in [4.69, 9.17) is 16.7 Å². The molecule has 3 aromatic rings. The van der Waals surface area contributed by atoms with Crippen molar-refractivity contribution < 1.29 is 14.7 Å². The summed E-state index contributed by atoms with van der Waals surface area (Å²) in [5, 5.41) is 19.8. The highest BCUT2D eigenvalue weighted by Gasteiger charge is 2.31. The van der Waals surface area contributed by atoms with E-state index < -0.39 is 5.97 Å². The summed E-state index contributed by atoms with van der Waals surface area (Å²) in [5.41, 5.74) is 4.12. The number of carbonyl (C=O) groups is 2. The van der Waals surface area contributed by atoms with Gasteiger partial charge in [-0.3, -0.25) is 14.5 Å². The maximum absolute atomic E-state index is 13.2. The zero-order valence-electron chi connectivity index (χ0n) is 20.6. The Bertz CT molecular complexity index is 1230. The SMILES string of the molecule is CCCCN(C(=O)Cc1ccccc1Cl)c1nnc(-c2ccc(CCN3CC(C(=O)O)C3)cc2C)s1. The minimum Gasteiger partial charge on any atom is -0.481 e. The highest BCUT2D eigenvalue weighted by atomic mass is 35.5. The quantitative estimate of drug-likeness (QED) is 0.374. The largest absolute Gasteiger partial charge is 0.481 e. The Morgan fingerprint density at radius 3 is 2.67 bits per heavy atom. The van der Waals surface area contributed by atoms with Crippen LogP contribution in [0.25, 0.3) is 10.6 Å². The van der Waals surface area contributed by atoms with Gasteiger partial charge in [-0.15, -0.1) is 10.2 Å². The van der Waals surface area contributed by atoms with Crippen molar-refractivity contribution in [1.29, 1.82) is 0 Å². The lowest BCUT2D eigenvalue weighted by molar-refractivity contribution is -0.147. The lowest BCUT2D eigenvalue weighted by Crippen LogP contribution is -2.50. The van der Waals surface area contributed by atoms with Crippen LogP contribution in [-0.4, -0.2) is 58.3 Å². The third-order valence-corrected chi connectivity index (χ3v) is 7.87. The molecule has 0 saturated carbocycles. The Morgan fingerprint density at radius 2 is 1.97 bits per heavy atom. The van der Waals surface area contributed by atoms with E-state index in [-0.39, 0.29) is 18.2 Å². The fraction of sp³-hybridized carbons (Fsp3) is 0.407. The van der Waals surface area contributed by atoms with Crippen molar-refractivity contribution in [2.75, 3.05) is 31.1 Å². The molecular formula is C27H31ClN4O3S. The van der Waals surface area contributed by atoms with Crippen LogP contribution >= 0.6 is 22.9 Å². The first kappa shape index (κ1) is 26.3. The number of carbonyl (C=O) groups excluding carboxylic acids is 1. The molecule has 1 aliphatic rings. The molecule has 1 fully saturated rings. The van der Waals surface area contributed by atoms with Gasteiger partial charge in [0.1, 0.15) is 5.01 Å². The Labute approximate surface area is 220 Å². The molecule has 0 unspecified atom stereocenters. The molecule has 9 heteroatoms. The number of anilines is 1. The molecule has 1 N–H and O–H groups in total. The fourth-order valence-corrected chi connectivity index (χ4v) is 5.47. The molecule has 0 atom stereocenters. The second kappa shape index (κ2) is 12.0. The second-order valence-corrected chi connectivity index (χ2v) is 10.6. The average Bonchev–Trinajstić information content (AvgIpc) is 3.29. The maximum atomic E-state index is 13.2. The van der Waals surface area contributed by atoms with Gasteiger partial charge in [0, 0.05) is 36.8 Å². The van der Waals surface area contributed by atoms with Crippen LogP contribution in [0.2, 0.25) is 5.02 Å². The topological polar surface area (TPSA) is 86.6 Å². The van der Waals surface area contributed by atoms with E-state index in [0.29, 0.717) is 29.8 Å². The van der Waals surface area contributed by atoms with Gasteiger partial charge in [-0.2, -0.15) is 0 Å². The number of nitrogens with zero attached hydrogens (tertiary/aromatic N) is 4. The number of rotatable bonds is 11. The van der Waals surface area contributed by atoms with Crippen molar-refractivity contribution in [3.63, 3.8) is 0 Å². The summed E-state index contributed by atoms with van der Waals surface area (Å²) in [6.45, 7) is 6.85. The standard InChI is InChI=1S/C27H31ClN4O3S/c1-3-4-12-32(24(33)15-20-7-5-6-8-23(20)28)27-30-29-25(36-27)22-10-9-19(14-18(22)2)11-13-31-16-21(17-31)26(34)35/h5-10,14,21H,3-4,11-13,15-17H2,1-2H3,(H,34,35). The number of amides is 1. The van der Waals surface area contributed by atoms with Crippen LogP contribution in [-0.2, 0) is 22.4 Å². The van der Waals surface area contributed by atoms with Gasteiger partial charge in [0.2, 0.25) is 11.0 Å². The highest BCUT2D eigenvalue weighted by Crippen LogP contribution is 2.32. The van der Waals surface area contributed by atoms with Gasteiger partial charge in [-0.05, 0) is 42.5 Å². The van der Waals surface area contributed by atoms with E-state index in [9.17, 15) is 9.59 Å². The molecule has 1 aromatic heterocycles. The van der Waals surface area contributed by atoms with Crippen LogP contribution in [0.3, 0.4) is 0 Å². The normalized spacial score (nSPS) is 14.0. The van der Waals surface area contributed by atoms with Crippen molar-refractivity contribution in [2.24, 2.45) is 5.92 Å². The van der Waals surface area contributed by atoms with Gasteiger partial charge in [-0.1, -0.05) is 72.7 Å². The average molecular weight is 527 g/mol. The maximum Gasteiger partial charge on any atom is 0.309 e. The molecule has 1 aliphatic heterocycles. The lowest BCUT2D eigenvalue weighted by Gasteiger charge is -2.36. The third-order valence-electron chi connectivity index (χ3n) is 6.53. The Kier molecular flexibility index (Phi) is 8.72. The van der Waals surface area contributed by atoms with E-state index >= 15 is 0 Å². The number of carboxylic acids is 1. The number of aliphatic carboxylic acids is 1. The summed E-state index contributed by atoms with van der Waals surface area (Å²) < 4.78 is 0. The van der Waals surface area contributed by atoms with Crippen LogP contribution in [0.5, 0.6) is 0 Å². The van der Waals surface area contributed by atoms with Crippen LogP contribution in [0, 0.1) is 12.8 Å². The fourth-order valence-electron chi connectivity index (χ4n) is 4.29. The summed E-state index contributed by atoms with van der Waals surface area (Å²) in [6, 6.07) is 13.7. The molecule has 0 aliphatic carbocycles. The first-order valence-corrected chi connectivity index (χ1v) is 13.5. The van der Waals surface area contributed by atoms with Gasteiger partial charge in [-0.25, -0.2) is 0 Å². The Morgan fingerprint density at radius 1 is 1.19 bits per heavy atom. The molecular weight excluding hydrogens is 496 g/mol. The monoisotopic (exact) mass is 526 g/mol. The molecule has 190 valence electrons. The van der Waals surface area contributed by atoms with Crippen LogP contribution in [0.4, 0.5) is 5.13 Å². The first-order valence-electron chi connectivity index (χ1n) is 12.3.